The van der Waals surface area contributed by atoms with Crippen LogP contribution in [0.15, 0.2) is 35.5 Å². The Balaban J connectivity index is 2.30. The first-order chi connectivity index (χ1) is 18.4. The number of aromatic amines is 1. The van der Waals surface area contributed by atoms with E-state index in [4.69, 9.17) is 22.9 Å². The smallest absolute Gasteiger partial charge is 0.326 e. The molecule has 39 heavy (non-hydrogen) atoms. The van der Waals surface area contributed by atoms with Crippen molar-refractivity contribution in [3.63, 3.8) is 0 Å². The summed E-state index contributed by atoms with van der Waals surface area (Å²) in [7, 11) is 0. The number of carboxylic acid groups (broad SMARTS) is 1. The monoisotopic (exact) mass is 545 g/mol. The van der Waals surface area contributed by atoms with Gasteiger partial charge in [0.1, 0.15) is 18.1 Å². The zero-order valence-electron chi connectivity index (χ0n) is 21.5. The number of carboxylic acids is 1. The first-order valence-electron chi connectivity index (χ1n) is 12.2. The van der Waals surface area contributed by atoms with Crippen molar-refractivity contribution in [2.24, 2.45) is 27.9 Å². The van der Waals surface area contributed by atoms with E-state index in [1.54, 1.807) is 12.3 Å². The number of nitrogens with one attached hydrogen (secondary N) is 4. The predicted octanol–water partition coefficient (Wildman–Crippen LogP) is -2.47. The Labute approximate surface area is 224 Å². The molecule has 0 spiro atoms. The van der Waals surface area contributed by atoms with Crippen molar-refractivity contribution >= 4 is 46.5 Å². The summed E-state index contributed by atoms with van der Waals surface area (Å²) in [4.78, 5) is 68.8. The molecular formula is C24H35N9O6. The van der Waals surface area contributed by atoms with Gasteiger partial charge in [0.25, 0.3) is 0 Å². The van der Waals surface area contributed by atoms with Gasteiger partial charge in [-0.1, -0.05) is 18.2 Å². The maximum absolute atomic E-state index is 13.3. The predicted molar refractivity (Wildman–Crippen MR) is 143 cm³/mol. The van der Waals surface area contributed by atoms with Crippen molar-refractivity contribution in [3.8, 4) is 0 Å². The molecule has 2 aromatic rings. The standard InChI is InChI=1S/C24H35N9O6/c1-12(25)20(35)32-18(10-19(26)34)22(37)33-17(9-13-11-30-15-6-3-2-5-14(13)15)21(36)31-16(23(38)39)7-4-8-29-24(27)28/h2-3,5-6,11-12,16-18,30H,4,7-10,25H2,1H3,(H2,26,34)(H,31,36)(H,32,35)(H,33,37)(H,38,39)(H4,27,28,29). The Bertz CT molecular complexity index is 1220. The highest BCUT2D eigenvalue weighted by Crippen LogP contribution is 2.19. The van der Waals surface area contributed by atoms with Crippen LogP contribution in [0.25, 0.3) is 10.9 Å². The number of rotatable bonds is 15. The maximum atomic E-state index is 13.3. The molecular weight excluding hydrogens is 510 g/mol. The van der Waals surface area contributed by atoms with E-state index in [-0.39, 0.29) is 31.8 Å². The average molecular weight is 546 g/mol. The second kappa shape index (κ2) is 14.3. The number of hydrogen-bond donors (Lipinski definition) is 9. The molecule has 1 heterocycles. The molecule has 15 nitrogen and oxygen atoms in total. The molecule has 4 atom stereocenters. The number of H-pyrrole nitrogens is 1. The molecule has 1 aromatic heterocycles. The topological polar surface area (TPSA) is 274 Å². The van der Waals surface area contributed by atoms with E-state index >= 15 is 0 Å². The quantitative estimate of drug-likeness (QED) is 0.0650. The van der Waals surface area contributed by atoms with Crippen LogP contribution in [0.1, 0.15) is 31.7 Å². The summed E-state index contributed by atoms with van der Waals surface area (Å²) in [6.07, 6.45) is 1.36. The number of carbonyl (C=O) groups excluding carboxylic acids is 4. The lowest BCUT2D eigenvalue weighted by molar-refractivity contribution is -0.142. The highest BCUT2D eigenvalue weighted by atomic mass is 16.4. The van der Waals surface area contributed by atoms with E-state index in [1.807, 2.05) is 18.2 Å². The molecule has 4 unspecified atom stereocenters. The van der Waals surface area contributed by atoms with Crippen molar-refractivity contribution in [2.45, 2.75) is 56.8 Å². The summed E-state index contributed by atoms with van der Waals surface area (Å²) in [5, 5.41) is 17.7. The number of amides is 4. The Morgan fingerprint density at radius 3 is 2.18 bits per heavy atom. The minimum atomic E-state index is -1.41. The van der Waals surface area contributed by atoms with E-state index in [0.29, 0.717) is 5.56 Å². The van der Waals surface area contributed by atoms with Crippen LogP contribution in [0.4, 0.5) is 0 Å². The SMILES string of the molecule is CC(N)C(=O)NC(CC(N)=O)C(=O)NC(Cc1c[nH]c2ccccc12)C(=O)NC(CCCN=C(N)N)C(=O)O. The number of para-hydroxylation sites is 1. The summed E-state index contributed by atoms with van der Waals surface area (Å²) >= 11 is 0. The molecule has 0 radical (unpaired) electrons. The number of aromatic nitrogens is 1. The number of fused-ring (bicyclic) bond motifs is 1. The summed E-state index contributed by atoms with van der Waals surface area (Å²) in [5.74, 6) is -4.68. The van der Waals surface area contributed by atoms with E-state index in [2.05, 4.69) is 25.9 Å². The normalized spacial score (nSPS) is 13.9. The van der Waals surface area contributed by atoms with Gasteiger partial charge in [-0.15, -0.1) is 0 Å². The van der Waals surface area contributed by atoms with E-state index in [1.165, 1.54) is 6.92 Å². The molecule has 0 aliphatic rings. The highest BCUT2D eigenvalue weighted by Gasteiger charge is 2.31. The third-order valence-corrected chi connectivity index (χ3v) is 5.74. The van der Waals surface area contributed by atoms with Crippen molar-refractivity contribution in [2.75, 3.05) is 6.54 Å². The largest absolute Gasteiger partial charge is 0.480 e. The van der Waals surface area contributed by atoms with Gasteiger partial charge in [-0.05, 0) is 31.4 Å². The molecule has 15 heteroatoms. The van der Waals surface area contributed by atoms with Crippen molar-refractivity contribution in [1.82, 2.24) is 20.9 Å². The van der Waals surface area contributed by atoms with Gasteiger partial charge in [-0.25, -0.2) is 4.79 Å². The fourth-order valence-corrected chi connectivity index (χ4v) is 3.75. The lowest BCUT2D eigenvalue weighted by Crippen LogP contribution is -2.58. The van der Waals surface area contributed by atoms with Crippen molar-refractivity contribution < 1.29 is 29.1 Å². The number of nitrogens with two attached hydrogens (primary N) is 4. The third kappa shape index (κ3) is 9.62. The number of nitrogens with zero attached hydrogens (tertiary/aromatic N) is 1. The zero-order chi connectivity index (χ0) is 29.1. The fourth-order valence-electron chi connectivity index (χ4n) is 3.75. The lowest BCUT2D eigenvalue weighted by atomic mass is 10.0. The van der Waals surface area contributed by atoms with Crippen molar-refractivity contribution in [1.29, 1.82) is 0 Å². The lowest BCUT2D eigenvalue weighted by Gasteiger charge is -2.24. The molecule has 1 aromatic carbocycles. The van der Waals surface area contributed by atoms with Crippen molar-refractivity contribution in [3.05, 3.63) is 36.0 Å². The van der Waals surface area contributed by atoms with Gasteiger partial charge < -0.3 is 49.0 Å². The number of aliphatic carboxylic acids is 1. The Kier molecular flexibility index (Phi) is 11.2. The Morgan fingerprint density at radius 2 is 1.56 bits per heavy atom. The first kappa shape index (κ1) is 30.6. The van der Waals surface area contributed by atoms with Crippen LogP contribution in [-0.2, 0) is 30.4 Å². The van der Waals surface area contributed by atoms with Crippen LogP contribution in [0.2, 0.25) is 0 Å². The van der Waals surface area contributed by atoms with Gasteiger partial charge in [0.05, 0.1) is 12.5 Å². The summed E-state index contributed by atoms with van der Waals surface area (Å²) in [6.45, 7) is 1.55. The van der Waals surface area contributed by atoms with E-state index < -0.39 is 60.2 Å². The summed E-state index contributed by atoms with van der Waals surface area (Å²) in [5.41, 5.74) is 22.8. The number of benzene rings is 1. The number of guanidine groups is 1. The van der Waals surface area contributed by atoms with Gasteiger partial charge in [0, 0.05) is 30.1 Å². The Hall–Kier alpha value is -4.66. The molecule has 0 saturated heterocycles. The molecule has 0 fully saturated rings. The zero-order valence-corrected chi connectivity index (χ0v) is 21.5. The summed E-state index contributed by atoms with van der Waals surface area (Å²) in [6, 6.07) is 2.31. The number of aliphatic imine (C=N–C) groups is 1. The number of carbonyl (C=O) groups is 5. The first-order valence-corrected chi connectivity index (χ1v) is 12.2. The fraction of sp³-hybridized carbons (Fsp3) is 0.417. The molecule has 0 bridgehead atoms. The minimum Gasteiger partial charge on any atom is -0.480 e. The highest BCUT2D eigenvalue weighted by molar-refractivity contribution is 5.96. The molecule has 0 aliphatic heterocycles. The number of primary amides is 1. The second-order valence-electron chi connectivity index (χ2n) is 8.99. The summed E-state index contributed by atoms with van der Waals surface area (Å²) < 4.78 is 0. The maximum Gasteiger partial charge on any atom is 0.326 e. The molecule has 13 N–H and O–H groups in total. The minimum absolute atomic E-state index is 0.0142. The van der Waals surface area contributed by atoms with Gasteiger partial charge in [0.15, 0.2) is 5.96 Å². The number of hydrogen-bond acceptors (Lipinski definition) is 7. The van der Waals surface area contributed by atoms with Gasteiger partial charge >= 0.3 is 5.97 Å². The van der Waals surface area contributed by atoms with Crippen LogP contribution < -0.4 is 38.9 Å². The molecule has 212 valence electrons. The van der Waals surface area contributed by atoms with Gasteiger partial charge in [0.2, 0.25) is 23.6 Å². The van der Waals surface area contributed by atoms with Crippen LogP contribution in [0.5, 0.6) is 0 Å². The molecule has 4 amide bonds. The second-order valence-corrected chi connectivity index (χ2v) is 8.99. The van der Waals surface area contributed by atoms with Gasteiger partial charge in [-0.3, -0.25) is 24.2 Å². The molecule has 2 rings (SSSR count). The van der Waals surface area contributed by atoms with E-state index in [9.17, 15) is 29.1 Å². The average Bonchev–Trinajstić information content (AvgIpc) is 3.26. The van der Waals surface area contributed by atoms with Crippen LogP contribution in [0.3, 0.4) is 0 Å². The molecule has 0 saturated carbocycles. The Morgan fingerprint density at radius 1 is 0.949 bits per heavy atom. The van der Waals surface area contributed by atoms with E-state index in [0.717, 1.165) is 10.9 Å². The van der Waals surface area contributed by atoms with Crippen LogP contribution in [-0.4, -0.2) is 76.4 Å². The van der Waals surface area contributed by atoms with Crippen LogP contribution >= 0.6 is 0 Å². The van der Waals surface area contributed by atoms with Gasteiger partial charge in [-0.2, -0.15) is 0 Å². The molecule has 0 aliphatic carbocycles. The van der Waals surface area contributed by atoms with Crippen LogP contribution in [0, 0.1) is 0 Å². The third-order valence-electron chi connectivity index (χ3n) is 5.74.